The van der Waals surface area contributed by atoms with Crippen molar-refractivity contribution < 1.29 is 9.21 Å². The molecule has 1 aliphatic rings. The van der Waals surface area contributed by atoms with Gasteiger partial charge in [-0.25, -0.2) is 4.79 Å². The SMILES string of the molecule is Cc1cc(=O)oc(C)c1C(=O)N1CCCC(N(C)CCc2ccccc2)C1. The summed E-state index contributed by atoms with van der Waals surface area (Å²) in [5.41, 5.74) is 2.15. The van der Waals surface area contributed by atoms with E-state index >= 15 is 0 Å². The molecule has 2 aromatic rings. The lowest BCUT2D eigenvalue weighted by Gasteiger charge is -2.38. The van der Waals surface area contributed by atoms with E-state index in [1.54, 1.807) is 13.8 Å². The van der Waals surface area contributed by atoms with Crippen LogP contribution in [0.1, 0.15) is 40.1 Å². The molecule has 0 aliphatic carbocycles. The normalized spacial score (nSPS) is 17.3. The van der Waals surface area contributed by atoms with Crippen molar-refractivity contribution >= 4 is 5.91 Å². The summed E-state index contributed by atoms with van der Waals surface area (Å²) in [6.45, 7) is 5.91. The van der Waals surface area contributed by atoms with E-state index in [4.69, 9.17) is 4.42 Å². The molecule has 1 unspecified atom stereocenters. The maximum atomic E-state index is 13.0. The van der Waals surface area contributed by atoms with Gasteiger partial charge in [0.2, 0.25) is 0 Å². The Hall–Kier alpha value is -2.40. The molecule has 27 heavy (non-hydrogen) atoms. The van der Waals surface area contributed by atoms with Gasteiger partial charge in [0, 0.05) is 31.7 Å². The van der Waals surface area contributed by atoms with Crippen molar-refractivity contribution in [3.05, 3.63) is 69.3 Å². The zero-order chi connectivity index (χ0) is 19.4. The van der Waals surface area contributed by atoms with Gasteiger partial charge in [-0.3, -0.25) is 4.79 Å². The minimum atomic E-state index is -0.404. The number of nitrogens with zero attached hydrogens (tertiary/aromatic N) is 2. The number of benzene rings is 1. The molecule has 1 aliphatic heterocycles. The molecular weight excluding hydrogens is 340 g/mol. The van der Waals surface area contributed by atoms with Gasteiger partial charge in [-0.05, 0) is 51.3 Å². The van der Waals surface area contributed by atoms with E-state index in [2.05, 4.69) is 36.2 Å². The van der Waals surface area contributed by atoms with Crippen molar-refractivity contribution in [2.45, 2.75) is 39.2 Å². The summed E-state index contributed by atoms with van der Waals surface area (Å²) in [5.74, 6) is 0.375. The molecule has 1 aromatic carbocycles. The maximum Gasteiger partial charge on any atom is 0.336 e. The van der Waals surface area contributed by atoms with E-state index in [0.717, 1.165) is 32.4 Å². The highest BCUT2D eigenvalue weighted by Gasteiger charge is 2.28. The first-order valence-corrected chi connectivity index (χ1v) is 9.60. The Morgan fingerprint density at radius 3 is 2.70 bits per heavy atom. The first-order valence-electron chi connectivity index (χ1n) is 9.60. The summed E-state index contributed by atoms with van der Waals surface area (Å²) in [6, 6.07) is 12.2. The molecule has 1 fully saturated rings. The van der Waals surface area contributed by atoms with Crippen LogP contribution in [0.4, 0.5) is 0 Å². The van der Waals surface area contributed by atoms with Crippen LogP contribution in [0.5, 0.6) is 0 Å². The van der Waals surface area contributed by atoms with Gasteiger partial charge >= 0.3 is 5.63 Å². The van der Waals surface area contributed by atoms with Crippen molar-refractivity contribution in [3.8, 4) is 0 Å². The Kier molecular flexibility index (Phi) is 6.11. The Morgan fingerprint density at radius 1 is 1.26 bits per heavy atom. The van der Waals surface area contributed by atoms with Crippen molar-refractivity contribution in [2.75, 3.05) is 26.7 Å². The topological polar surface area (TPSA) is 53.8 Å². The van der Waals surface area contributed by atoms with Crippen molar-refractivity contribution in [1.82, 2.24) is 9.80 Å². The third-order valence-electron chi connectivity index (χ3n) is 5.45. The molecule has 0 saturated carbocycles. The Bertz CT molecular complexity index is 818. The fourth-order valence-corrected chi connectivity index (χ4v) is 3.87. The summed E-state index contributed by atoms with van der Waals surface area (Å²) < 4.78 is 5.15. The van der Waals surface area contributed by atoms with Crippen LogP contribution < -0.4 is 5.63 Å². The second kappa shape index (κ2) is 8.53. The van der Waals surface area contributed by atoms with Crippen LogP contribution in [0.15, 0.2) is 45.6 Å². The Balaban J connectivity index is 1.65. The van der Waals surface area contributed by atoms with Crippen LogP contribution in [0.2, 0.25) is 0 Å². The zero-order valence-corrected chi connectivity index (χ0v) is 16.4. The van der Waals surface area contributed by atoms with Crippen LogP contribution in [0.25, 0.3) is 0 Å². The van der Waals surface area contributed by atoms with Gasteiger partial charge in [-0.1, -0.05) is 30.3 Å². The highest BCUT2D eigenvalue weighted by molar-refractivity contribution is 5.96. The highest BCUT2D eigenvalue weighted by atomic mass is 16.4. The Labute approximate surface area is 160 Å². The minimum absolute atomic E-state index is 0.0325. The third kappa shape index (κ3) is 4.66. The molecule has 144 valence electrons. The number of hydrogen-bond acceptors (Lipinski definition) is 4. The van der Waals surface area contributed by atoms with Gasteiger partial charge in [-0.15, -0.1) is 0 Å². The monoisotopic (exact) mass is 368 g/mol. The summed E-state index contributed by atoms with van der Waals surface area (Å²) in [7, 11) is 2.14. The van der Waals surface area contributed by atoms with Crippen molar-refractivity contribution in [3.63, 3.8) is 0 Å². The lowest BCUT2D eigenvalue weighted by atomic mass is 10.0. The van der Waals surface area contributed by atoms with Gasteiger partial charge in [0.1, 0.15) is 5.76 Å². The number of rotatable bonds is 5. The summed E-state index contributed by atoms with van der Waals surface area (Å²) in [6.07, 6.45) is 3.09. The molecular formula is C22H28N2O3. The number of piperidine rings is 1. The number of carbonyl (C=O) groups is 1. The van der Waals surface area contributed by atoms with E-state index in [1.165, 1.54) is 11.6 Å². The zero-order valence-electron chi connectivity index (χ0n) is 16.4. The maximum absolute atomic E-state index is 13.0. The molecule has 1 aromatic heterocycles. The van der Waals surface area contributed by atoms with E-state index < -0.39 is 5.63 Å². The minimum Gasteiger partial charge on any atom is -0.427 e. The van der Waals surface area contributed by atoms with E-state index in [-0.39, 0.29) is 5.91 Å². The number of carbonyl (C=O) groups excluding carboxylic acids is 1. The van der Waals surface area contributed by atoms with Crippen molar-refractivity contribution in [2.24, 2.45) is 0 Å². The third-order valence-corrected chi connectivity index (χ3v) is 5.45. The Morgan fingerprint density at radius 2 is 2.00 bits per heavy atom. The van der Waals surface area contributed by atoms with Crippen LogP contribution in [0, 0.1) is 13.8 Å². The number of aryl methyl sites for hydroxylation is 2. The molecule has 1 atom stereocenters. The summed E-state index contributed by atoms with van der Waals surface area (Å²) in [4.78, 5) is 28.8. The number of likely N-dealkylation sites (tertiary alicyclic amines) is 1. The average molecular weight is 368 g/mol. The second-order valence-corrected chi connectivity index (χ2v) is 7.44. The van der Waals surface area contributed by atoms with Gasteiger partial charge < -0.3 is 14.2 Å². The summed E-state index contributed by atoms with van der Waals surface area (Å²) in [5, 5.41) is 0. The predicted octanol–water partition coefficient (Wildman–Crippen LogP) is 3.04. The first kappa shape index (κ1) is 19.4. The first-order chi connectivity index (χ1) is 13.0. The van der Waals surface area contributed by atoms with E-state index in [1.807, 2.05) is 11.0 Å². The lowest BCUT2D eigenvalue weighted by molar-refractivity contribution is 0.0607. The van der Waals surface area contributed by atoms with Crippen LogP contribution in [-0.4, -0.2) is 48.4 Å². The van der Waals surface area contributed by atoms with E-state index in [9.17, 15) is 9.59 Å². The average Bonchev–Trinajstić information content (AvgIpc) is 2.66. The molecule has 0 spiro atoms. The highest BCUT2D eigenvalue weighted by Crippen LogP contribution is 2.20. The smallest absolute Gasteiger partial charge is 0.336 e. The molecule has 0 bridgehead atoms. The van der Waals surface area contributed by atoms with E-state index in [0.29, 0.717) is 29.5 Å². The number of likely N-dealkylation sites (N-methyl/N-ethyl adjacent to an activating group) is 1. The van der Waals surface area contributed by atoms with Gasteiger partial charge in [0.05, 0.1) is 5.56 Å². The van der Waals surface area contributed by atoms with Crippen LogP contribution in [-0.2, 0) is 6.42 Å². The predicted molar refractivity (Wildman–Crippen MR) is 106 cm³/mol. The molecule has 0 N–H and O–H groups in total. The van der Waals surface area contributed by atoms with Gasteiger partial charge in [0.25, 0.3) is 5.91 Å². The van der Waals surface area contributed by atoms with Gasteiger partial charge in [0.15, 0.2) is 0 Å². The molecule has 5 nitrogen and oxygen atoms in total. The molecule has 3 rings (SSSR count). The fourth-order valence-electron chi connectivity index (χ4n) is 3.87. The number of amides is 1. The standard InChI is InChI=1S/C22H28N2O3/c1-16-14-20(25)27-17(2)21(16)22(26)24-12-7-10-19(15-24)23(3)13-11-18-8-5-4-6-9-18/h4-6,8-9,14,19H,7,10-13,15H2,1-3H3. The second-order valence-electron chi connectivity index (χ2n) is 7.44. The quantitative estimate of drug-likeness (QED) is 0.814. The lowest BCUT2D eigenvalue weighted by Crippen LogP contribution is -2.49. The summed E-state index contributed by atoms with van der Waals surface area (Å²) >= 11 is 0. The molecule has 1 amide bonds. The molecule has 1 saturated heterocycles. The molecule has 2 heterocycles. The fraction of sp³-hybridized carbons (Fsp3) is 0.455. The van der Waals surface area contributed by atoms with Crippen molar-refractivity contribution in [1.29, 1.82) is 0 Å². The molecule has 5 heteroatoms. The molecule has 0 radical (unpaired) electrons. The largest absolute Gasteiger partial charge is 0.427 e. The van der Waals surface area contributed by atoms with Crippen LogP contribution >= 0.6 is 0 Å². The number of hydrogen-bond donors (Lipinski definition) is 0. The van der Waals surface area contributed by atoms with Crippen LogP contribution in [0.3, 0.4) is 0 Å². The van der Waals surface area contributed by atoms with Gasteiger partial charge in [-0.2, -0.15) is 0 Å².